The van der Waals surface area contributed by atoms with Crippen molar-refractivity contribution in [2.45, 2.75) is 6.61 Å². The Morgan fingerprint density at radius 1 is 1.50 bits per heavy atom. The van der Waals surface area contributed by atoms with Gasteiger partial charge in [0.25, 0.3) is 0 Å². The smallest absolute Gasteiger partial charge is 0.130 e. The highest BCUT2D eigenvalue weighted by molar-refractivity contribution is 9.10. The predicted molar refractivity (Wildman–Crippen MR) is 43.4 cm³/mol. The van der Waals surface area contributed by atoms with Gasteiger partial charge in [-0.15, -0.1) is 0 Å². The Hall–Kier alpha value is -0.0000000000000000555. The molecule has 1 N–H and O–H groups in total. The molecule has 0 aliphatic heterocycles. The van der Waals surface area contributed by atoms with Gasteiger partial charge < -0.3 is 5.11 Å². The molecule has 0 saturated heterocycles. The van der Waals surface area contributed by atoms with Crippen LogP contribution >= 0.6 is 31.9 Å². The fourth-order valence-electron chi connectivity index (χ4n) is 0.489. The van der Waals surface area contributed by atoms with Gasteiger partial charge in [0.05, 0.1) is 18.5 Å². The molecule has 0 aliphatic rings. The van der Waals surface area contributed by atoms with E-state index in [0.29, 0.717) is 14.9 Å². The minimum Gasteiger partial charge on any atom is -0.390 e. The summed E-state index contributed by atoms with van der Waals surface area (Å²) < 4.78 is 1.21. The second-order valence-corrected chi connectivity index (χ2v) is 3.15. The van der Waals surface area contributed by atoms with E-state index in [1.807, 2.05) is 0 Å². The molecule has 0 bridgehead atoms. The van der Waals surface area contributed by atoms with E-state index in [0.717, 1.165) is 0 Å². The van der Waals surface area contributed by atoms with Crippen LogP contribution in [0.4, 0.5) is 0 Å². The second-order valence-electron chi connectivity index (χ2n) is 1.59. The average Bonchev–Trinajstić information content (AvgIpc) is 1.94. The molecule has 0 spiro atoms. The lowest BCUT2D eigenvalue weighted by molar-refractivity contribution is 0.275. The average molecular weight is 268 g/mol. The maximum Gasteiger partial charge on any atom is 0.130 e. The zero-order valence-corrected chi connectivity index (χ0v) is 8.05. The topological polar surface area (TPSA) is 46.0 Å². The van der Waals surface area contributed by atoms with Crippen molar-refractivity contribution in [1.82, 2.24) is 9.97 Å². The maximum atomic E-state index is 8.69. The Labute approximate surface area is 74.8 Å². The lowest BCUT2D eigenvalue weighted by Gasteiger charge is -1.97. The van der Waals surface area contributed by atoms with Crippen molar-refractivity contribution in [3.63, 3.8) is 0 Å². The van der Waals surface area contributed by atoms with Gasteiger partial charge in [0.15, 0.2) is 0 Å². The van der Waals surface area contributed by atoms with Crippen LogP contribution in [0.25, 0.3) is 0 Å². The van der Waals surface area contributed by atoms with Crippen molar-refractivity contribution in [3.05, 3.63) is 21.1 Å². The molecule has 10 heavy (non-hydrogen) atoms. The number of nitrogens with zero attached hydrogens (tertiary/aromatic N) is 2. The monoisotopic (exact) mass is 266 g/mol. The summed E-state index contributed by atoms with van der Waals surface area (Å²) in [6.45, 7) is -0.104. The Morgan fingerprint density at radius 2 is 2.20 bits per heavy atom. The van der Waals surface area contributed by atoms with Crippen molar-refractivity contribution in [3.8, 4) is 0 Å². The molecule has 3 nitrogen and oxygen atoms in total. The number of rotatable bonds is 1. The largest absolute Gasteiger partial charge is 0.390 e. The van der Waals surface area contributed by atoms with Crippen LogP contribution in [0, 0.1) is 0 Å². The van der Waals surface area contributed by atoms with E-state index in [2.05, 4.69) is 41.8 Å². The zero-order chi connectivity index (χ0) is 7.56. The number of halogens is 2. The Morgan fingerprint density at radius 3 is 2.70 bits per heavy atom. The van der Waals surface area contributed by atoms with Crippen LogP contribution in [-0.4, -0.2) is 15.1 Å². The van der Waals surface area contributed by atoms with Crippen molar-refractivity contribution in [2.75, 3.05) is 0 Å². The fraction of sp³-hybridized carbons (Fsp3) is 0.200. The molecule has 0 radical (unpaired) electrons. The van der Waals surface area contributed by atoms with E-state index >= 15 is 0 Å². The molecule has 0 aliphatic carbocycles. The number of hydrogen-bond acceptors (Lipinski definition) is 3. The van der Waals surface area contributed by atoms with Crippen LogP contribution in [0.3, 0.4) is 0 Å². The summed E-state index contributed by atoms with van der Waals surface area (Å²) in [4.78, 5) is 7.85. The molecule has 0 unspecified atom stereocenters. The van der Waals surface area contributed by atoms with Gasteiger partial charge in [-0.05, 0) is 31.9 Å². The highest BCUT2D eigenvalue weighted by Crippen LogP contribution is 2.13. The van der Waals surface area contributed by atoms with E-state index in [4.69, 9.17) is 5.11 Å². The lowest BCUT2D eigenvalue weighted by atomic mass is 10.5. The van der Waals surface area contributed by atoms with Gasteiger partial charge in [-0.3, -0.25) is 0 Å². The third-order valence-corrected chi connectivity index (χ3v) is 1.96. The van der Waals surface area contributed by atoms with Crippen molar-refractivity contribution in [1.29, 1.82) is 0 Å². The first-order chi connectivity index (χ1) is 4.74. The first-order valence-corrected chi connectivity index (χ1v) is 4.10. The summed E-state index contributed by atoms with van der Waals surface area (Å²) in [5, 5.41) is 8.69. The highest BCUT2D eigenvalue weighted by Gasteiger charge is 2.00. The quantitative estimate of drug-likeness (QED) is 0.839. The lowest BCUT2D eigenvalue weighted by Crippen LogP contribution is -1.93. The molecule has 0 amide bonds. The predicted octanol–water partition coefficient (Wildman–Crippen LogP) is 1.49. The fourth-order valence-corrected chi connectivity index (χ4v) is 1.12. The summed E-state index contributed by atoms with van der Waals surface area (Å²) in [6.07, 6.45) is 1.56. The summed E-state index contributed by atoms with van der Waals surface area (Å²) >= 11 is 6.27. The third-order valence-electron chi connectivity index (χ3n) is 0.914. The maximum absolute atomic E-state index is 8.69. The summed E-state index contributed by atoms with van der Waals surface area (Å²) in [5.74, 6) is 0. The first-order valence-electron chi connectivity index (χ1n) is 2.52. The van der Waals surface area contributed by atoms with E-state index < -0.39 is 0 Å². The molecule has 0 saturated carbocycles. The van der Waals surface area contributed by atoms with Crippen molar-refractivity contribution >= 4 is 31.9 Å². The summed E-state index contributed by atoms with van der Waals surface area (Å²) in [5.41, 5.74) is 0.536. The van der Waals surface area contributed by atoms with Gasteiger partial charge in [0, 0.05) is 0 Å². The summed E-state index contributed by atoms with van der Waals surface area (Å²) in [7, 11) is 0. The minimum atomic E-state index is -0.104. The van der Waals surface area contributed by atoms with Gasteiger partial charge in [-0.25, -0.2) is 9.97 Å². The normalized spacial score (nSPS) is 9.90. The van der Waals surface area contributed by atoms with Gasteiger partial charge in [0.2, 0.25) is 0 Å². The van der Waals surface area contributed by atoms with Crippen LogP contribution < -0.4 is 0 Å². The van der Waals surface area contributed by atoms with E-state index in [1.54, 1.807) is 6.20 Å². The van der Waals surface area contributed by atoms with E-state index in [-0.39, 0.29) is 6.61 Å². The van der Waals surface area contributed by atoms with Gasteiger partial charge in [0.1, 0.15) is 9.21 Å². The van der Waals surface area contributed by atoms with E-state index in [9.17, 15) is 0 Å². The van der Waals surface area contributed by atoms with Crippen molar-refractivity contribution in [2.24, 2.45) is 0 Å². The third kappa shape index (κ3) is 1.74. The minimum absolute atomic E-state index is 0.104. The van der Waals surface area contributed by atoms with Crippen molar-refractivity contribution < 1.29 is 5.11 Å². The molecule has 54 valence electrons. The number of aliphatic hydroxyl groups is 1. The first kappa shape index (κ1) is 8.10. The number of aromatic nitrogens is 2. The Balaban J connectivity index is 3.09. The van der Waals surface area contributed by atoms with E-state index in [1.165, 1.54) is 0 Å². The molecular formula is C5H4Br2N2O. The van der Waals surface area contributed by atoms with Gasteiger partial charge in [-0.2, -0.15) is 0 Å². The van der Waals surface area contributed by atoms with Gasteiger partial charge >= 0.3 is 0 Å². The van der Waals surface area contributed by atoms with Crippen LogP contribution in [0.1, 0.15) is 5.69 Å². The standard InChI is InChI=1S/C5H4Br2N2O/c6-4-1-8-5(7)3(2-10)9-4/h1,10H,2H2. The molecule has 0 atom stereocenters. The molecule has 1 rings (SSSR count). The second kappa shape index (κ2) is 3.41. The molecule has 1 aromatic rings. The van der Waals surface area contributed by atoms with Crippen LogP contribution in [0.2, 0.25) is 0 Å². The van der Waals surface area contributed by atoms with Crippen LogP contribution in [0.15, 0.2) is 15.4 Å². The number of hydrogen-bond donors (Lipinski definition) is 1. The molecule has 0 fully saturated rings. The Kier molecular flexibility index (Phi) is 2.76. The molecular weight excluding hydrogens is 264 g/mol. The summed E-state index contributed by atoms with van der Waals surface area (Å²) in [6, 6.07) is 0. The van der Waals surface area contributed by atoms with Crippen LogP contribution in [-0.2, 0) is 6.61 Å². The SMILES string of the molecule is OCc1nc(Br)cnc1Br. The van der Waals surface area contributed by atoms with Crippen LogP contribution in [0.5, 0.6) is 0 Å². The molecule has 5 heteroatoms. The molecule has 0 aromatic carbocycles. The van der Waals surface area contributed by atoms with Gasteiger partial charge in [-0.1, -0.05) is 0 Å². The Bertz CT molecular complexity index is 241. The zero-order valence-electron chi connectivity index (χ0n) is 4.88. The molecule has 1 aromatic heterocycles. The number of aliphatic hydroxyl groups excluding tert-OH is 1. The molecule has 1 heterocycles. The highest BCUT2D eigenvalue weighted by atomic mass is 79.9.